The Hall–Kier alpha value is -1.07. The Labute approximate surface area is 134 Å². The van der Waals surface area contributed by atoms with Gasteiger partial charge in [-0.1, -0.05) is 0 Å². The number of piperidine rings is 1. The number of hydrogen-bond acceptors (Lipinski definition) is 4. The molecular weight excluding hydrogens is 311 g/mol. The molecule has 1 saturated heterocycles. The second-order valence-electron chi connectivity index (χ2n) is 6.00. The largest absolute Gasteiger partial charge is 0.353 e. The fourth-order valence-corrected chi connectivity index (χ4v) is 3.38. The first-order chi connectivity index (χ1) is 9.92. The number of anilines is 1. The number of hydrogen-bond donors (Lipinski definition) is 1. The molecule has 0 aromatic carbocycles. The van der Waals surface area contributed by atoms with Gasteiger partial charge in [0.05, 0.1) is 5.41 Å². The van der Waals surface area contributed by atoms with Crippen LogP contribution in [0.15, 0.2) is 18.5 Å². The average molecular weight is 329 g/mol. The summed E-state index contributed by atoms with van der Waals surface area (Å²) in [5.41, 5.74) is -0.643. The van der Waals surface area contributed by atoms with Gasteiger partial charge in [0.2, 0.25) is 11.9 Å². The van der Waals surface area contributed by atoms with Gasteiger partial charge in [-0.25, -0.2) is 9.97 Å². The molecule has 21 heavy (non-hydrogen) atoms. The summed E-state index contributed by atoms with van der Waals surface area (Å²) in [7, 11) is 0. The topological polar surface area (TPSA) is 58.1 Å². The van der Waals surface area contributed by atoms with Gasteiger partial charge in [0, 0.05) is 31.5 Å². The third-order valence-electron chi connectivity index (χ3n) is 4.42. The zero-order chi connectivity index (χ0) is 15.1. The fraction of sp³-hybridized carbons (Fsp3) is 0.643. The van der Waals surface area contributed by atoms with Gasteiger partial charge < -0.3 is 10.2 Å². The van der Waals surface area contributed by atoms with Crippen molar-refractivity contribution in [2.45, 2.75) is 36.6 Å². The highest BCUT2D eigenvalue weighted by atomic mass is 35.5. The SMILES string of the molecule is C[C@]1(C(=O)NC2CCN(c3ncccn3)CC2)CC1(Cl)Cl. The highest BCUT2D eigenvalue weighted by Gasteiger charge is 2.68. The van der Waals surface area contributed by atoms with Gasteiger partial charge in [0.25, 0.3) is 0 Å². The number of alkyl halides is 2. The molecule has 1 aliphatic carbocycles. The van der Waals surface area contributed by atoms with Crippen LogP contribution in [0.3, 0.4) is 0 Å². The first-order valence-electron chi connectivity index (χ1n) is 7.13. The highest BCUT2D eigenvalue weighted by Crippen LogP contribution is 2.63. The number of halogens is 2. The van der Waals surface area contributed by atoms with Crippen LogP contribution in [0.1, 0.15) is 26.2 Å². The van der Waals surface area contributed by atoms with E-state index in [0.29, 0.717) is 6.42 Å². The molecule has 1 aromatic heterocycles. The molecular formula is C14H18Cl2N4O. The second-order valence-corrected chi connectivity index (χ2v) is 7.48. The predicted molar refractivity (Wildman–Crippen MR) is 82.6 cm³/mol. The number of rotatable bonds is 3. The van der Waals surface area contributed by atoms with Gasteiger partial charge in [-0.3, -0.25) is 4.79 Å². The van der Waals surface area contributed by atoms with E-state index in [2.05, 4.69) is 20.2 Å². The average Bonchev–Trinajstić information content (AvgIpc) is 3.01. The summed E-state index contributed by atoms with van der Waals surface area (Å²) in [6.45, 7) is 3.48. The molecule has 3 rings (SSSR count). The van der Waals surface area contributed by atoms with E-state index in [1.165, 1.54) is 0 Å². The minimum Gasteiger partial charge on any atom is -0.353 e. The van der Waals surface area contributed by atoms with Crippen molar-refractivity contribution in [1.82, 2.24) is 15.3 Å². The highest BCUT2D eigenvalue weighted by molar-refractivity contribution is 6.53. The Morgan fingerprint density at radius 2 is 1.90 bits per heavy atom. The maximum atomic E-state index is 12.2. The summed E-state index contributed by atoms with van der Waals surface area (Å²) in [6.07, 6.45) is 5.75. The Morgan fingerprint density at radius 3 is 2.43 bits per heavy atom. The van der Waals surface area contributed by atoms with E-state index in [1.807, 2.05) is 6.92 Å². The van der Waals surface area contributed by atoms with Crippen molar-refractivity contribution in [3.63, 3.8) is 0 Å². The van der Waals surface area contributed by atoms with Crippen LogP contribution in [0.4, 0.5) is 5.95 Å². The van der Waals surface area contributed by atoms with Gasteiger partial charge >= 0.3 is 0 Å². The minimum absolute atomic E-state index is 0.0399. The molecule has 1 aliphatic heterocycles. The van der Waals surface area contributed by atoms with Crippen molar-refractivity contribution < 1.29 is 4.79 Å². The van der Waals surface area contributed by atoms with Crippen molar-refractivity contribution in [3.05, 3.63) is 18.5 Å². The van der Waals surface area contributed by atoms with Crippen LogP contribution < -0.4 is 10.2 Å². The van der Waals surface area contributed by atoms with E-state index in [4.69, 9.17) is 23.2 Å². The third kappa shape index (κ3) is 2.81. The summed E-state index contributed by atoms with van der Waals surface area (Å²) in [4.78, 5) is 22.9. The van der Waals surface area contributed by atoms with Crippen molar-refractivity contribution in [3.8, 4) is 0 Å². The molecule has 1 saturated carbocycles. The van der Waals surface area contributed by atoms with Gasteiger partial charge in [-0.15, -0.1) is 23.2 Å². The smallest absolute Gasteiger partial charge is 0.229 e. The molecule has 7 heteroatoms. The third-order valence-corrected chi connectivity index (χ3v) is 5.53. The van der Waals surface area contributed by atoms with E-state index < -0.39 is 9.75 Å². The summed E-state index contributed by atoms with van der Waals surface area (Å²) >= 11 is 12.1. The summed E-state index contributed by atoms with van der Waals surface area (Å²) < 4.78 is -0.907. The summed E-state index contributed by atoms with van der Waals surface area (Å²) in [5, 5.41) is 3.07. The molecule has 114 valence electrons. The number of nitrogens with zero attached hydrogens (tertiary/aromatic N) is 3. The monoisotopic (exact) mass is 328 g/mol. The van der Waals surface area contributed by atoms with Crippen LogP contribution in [-0.2, 0) is 4.79 Å². The molecule has 0 bridgehead atoms. The van der Waals surface area contributed by atoms with Crippen LogP contribution in [0.5, 0.6) is 0 Å². The fourth-order valence-electron chi connectivity index (χ4n) is 2.67. The van der Waals surface area contributed by atoms with E-state index in [0.717, 1.165) is 31.9 Å². The number of amides is 1. The molecule has 2 heterocycles. The molecule has 1 N–H and O–H groups in total. The molecule has 1 aromatic rings. The predicted octanol–water partition coefficient (Wildman–Crippen LogP) is 2.15. The zero-order valence-corrected chi connectivity index (χ0v) is 13.4. The van der Waals surface area contributed by atoms with Gasteiger partial charge in [0.15, 0.2) is 0 Å². The van der Waals surface area contributed by atoms with Crippen LogP contribution in [-0.4, -0.2) is 39.3 Å². The number of nitrogens with one attached hydrogen (secondary N) is 1. The molecule has 0 unspecified atom stereocenters. The van der Waals surface area contributed by atoms with Crippen LogP contribution in [0.2, 0.25) is 0 Å². The van der Waals surface area contributed by atoms with Gasteiger partial charge in [0.1, 0.15) is 4.33 Å². The summed E-state index contributed by atoms with van der Waals surface area (Å²) in [6, 6.07) is 1.97. The Balaban J connectivity index is 1.52. The van der Waals surface area contributed by atoms with E-state index in [-0.39, 0.29) is 11.9 Å². The van der Waals surface area contributed by atoms with Crippen molar-refractivity contribution in [2.24, 2.45) is 5.41 Å². The maximum absolute atomic E-state index is 12.2. The van der Waals surface area contributed by atoms with E-state index in [1.54, 1.807) is 18.5 Å². The molecule has 1 amide bonds. The molecule has 2 fully saturated rings. The number of aromatic nitrogens is 2. The maximum Gasteiger partial charge on any atom is 0.229 e. The quantitative estimate of drug-likeness (QED) is 0.864. The van der Waals surface area contributed by atoms with Crippen LogP contribution in [0, 0.1) is 5.41 Å². The van der Waals surface area contributed by atoms with Gasteiger partial charge in [-0.05, 0) is 32.3 Å². The van der Waals surface area contributed by atoms with E-state index in [9.17, 15) is 4.79 Å². The molecule has 0 spiro atoms. The first-order valence-corrected chi connectivity index (χ1v) is 7.89. The lowest BCUT2D eigenvalue weighted by Crippen LogP contribution is -2.47. The number of carbonyl (C=O) groups is 1. The van der Waals surface area contributed by atoms with Crippen LogP contribution in [0.25, 0.3) is 0 Å². The number of carbonyl (C=O) groups excluding carboxylic acids is 1. The van der Waals surface area contributed by atoms with Gasteiger partial charge in [-0.2, -0.15) is 0 Å². The lowest BCUT2D eigenvalue weighted by Gasteiger charge is -2.33. The first kappa shape index (κ1) is 14.9. The molecule has 2 aliphatic rings. The van der Waals surface area contributed by atoms with Crippen LogP contribution >= 0.6 is 23.2 Å². The Morgan fingerprint density at radius 1 is 1.33 bits per heavy atom. The van der Waals surface area contributed by atoms with E-state index >= 15 is 0 Å². The normalized spacial score (nSPS) is 28.2. The van der Waals surface area contributed by atoms with Crippen molar-refractivity contribution >= 4 is 35.1 Å². The minimum atomic E-state index is -0.907. The second kappa shape index (κ2) is 5.29. The lowest BCUT2D eigenvalue weighted by molar-refractivity contribution is -0.126. The van der Waals surface area contributed by atoms with Crippen molar-refractivity contribution in [2.75, 3.05) is 18.0 Å². The summed E-state index contributed by atoms with van der Waals surface area (Å²) in [5.74, 6) is 0.707. The standard InChI is InChI=1S/C14H18Cl2N4O/c1-13(9-14(13,15)16)11(21)19-10-3-7-20(8-4-10)12-17-5-2-6-18-12/h2,5-6,10H,3-4,7-9H2,1H3,(H,19,21)/t13-/m1/s1. The molecule has 0 radical (unpaired) electrons. The Kier molecular flexibility index (Phi) is 3.74. The Bertz CT molecular complexity index is 531. The lowest BCUT2D eigenvalue weighted by atomic mass is 10.0. The zero-order valence-electron chi connectivity index (χ0n) is 11.9. The molecule has 1 atom stereocenters. The van der Waals surface area contributed by atoms with Crippen molar-refractivity contribution in [1.29, 1.82) is 0 Å². The molecule has 5 nitrogen and oxygen atoms in total.